The molecule has 0 atom stereocenters. The normalized spacial score (nSPS) is 12.5. The van der Waals surface area contributed by atoms with Crippen LogP contribution in [0, 0.1) is 16.7 Å². The minimum absolute atomic E-state index is 0.338. The van der Waals surface area contributed by atoms with Crippen LogP contribution in [-0.2, 0) is 0 Å². The summed E-state index contributed by atoms with van der Waals surface area (Å²) >= 11 is 0. The lowest BCUT2D eigenvalue weighted by atomic mass is 9.89. The van der Waals surface area contributed by atoms with E-state index in [2.05, 4.69) is 11.4 Å². The number of hydrogen-bond acceptors (Lipinski definition) is 3. The molecule has 94 valence electrons. The molecule has 16 heavy (non-hydrogen) atoms. The first-order chi connectivity index (χ1) is 7.33. The Bertz CT molecular complexity index is 237. The van der Waals surface area contributed by atoms with Gasteiger partial charge in [-0.1, -0.05) is 6.42 Å². The van der Waals surface area contributed by atoms with Gasteiger partial charge in [-0.15, -0.1) is 0 Å². The molecule has 0 aromatic rings. The van der Waals surface area contributed by atoms with Gasteiger partial charge in [-0.25, -0.2) is 8.78 Å². The quantitative estimate of drug-likeness (QED) is 0.631. The van der Waals surface area contributed by atoms with Crippen molar-refractivity contribution in [3.63, 3.8) is 0 Å². The lowest BCUT2D eigenvalue weighted by Crippen LogP contribution is -2.36. The van der Waals surface area contributed by atoms with E-state index in [1.807, 2.05) is 13.8 Å². The van der Waals surface area contributed by atoms with Gasteiger partial charge in [0.05, 0.1) is 18.0 Å². The van der Waals surface area contributed by atoms with Crippen LogP contribution in [0.4, 0.5) is 8.78 Å². The van der Waals surface area contributed by atoms with Crippen molar-refractivity contribution in [3.05, 3.63) is 0 Å². The van der Waals surface area contributed by atoms with E-state index in [0.717, 1.165) is 19.3 Å². The Morgan fingerprint density at radius 2 is 1.94 bits per heavy atom. The zero-order valence-corrected chi connectivity index (χ0v) is 9.89. The second-order valence-corrected chi connectivity index (χ2v) is 4.64. The summed E-state index contributed by atoms with van der Waals surface area (Å²) in [6, 6.07) is 2.19. The van der Waals surface area contributed by atoms with Crippen LogP contribution in [0.3, 0.4) is 0 Å². The van der Waals surface area contributed by atoms with Crippen molar-refractivity contribution < 1.29 is 13.9 Å². The fourth-order valence-corrected chi connectivity index (χ4v) is 1.20. The first-order valence-corrected chi connectivity index (χ1v) is 5.44. The third kappa shape index (κ3) is 7.55. The zero-order valence-electron chi connectivity index (χ0n) is 9.89. The van der Waals surface area contributed by atoms with Crippen molar-refractivity contribution in [3.8, 4) is 6.07 Å². The SMILES string of the molecule is CC(C)(C#N)CCCCNCC(F)(F)CO. The Morgan fingerprint density at radius 1 is 1.31 bits per heavy atom. The average molecular weight is 234 g/mol. The molecule has 3 nitrogen and oxygen atoms in total. The van der Waals surface area contributed by atoms with E-state index in [-0.39, 0.29) is 5.41 Å². The summed E-state index contributed by atoms with van der Waals surface area (Å²) in [5.74, 6) is -3.04. The van der Waals surface area contributed by atoms with Gasteiger partial charge in [0, 0.05) is 0 Å². The van der Waals surface area contributed by atoms with Crippen LogP contribution in [0.1, 0.15) is 33.1 Å². The van der Waals surface area contributed by atoms with Crippen LogP contribution >= 0.6 is 0 Å². The number of rotatable bonds is 8. The maximum atomic E-state index is 12.6. The largest absolute Gasteiger partial charge is 0.390 e. The molecule has 0 spiro atoms. The van der Waals surface area contributed by atoms with E-state index in [0.29, 0.717) is 6.54 Å². The number of halogens is 2. The molecule has 0 amide bonds. The lowest BCUT2D eigenvalue weighted by Gasteiger charge is -2.16. The standard InChI is InChI=1S/C11H20F2N2O/c1-10(2,7-14)5-3-4-6-15-8-11(12,13)9-16/h15-16H,3-6,8-9H2,1-2H3. The lowest BCUT2D eigenvalue weighted by molar-refractivity contribution is -0.0474. The van der Waals surface area contributed by atoms with Gasteiger partial charge in [0.25, 0.3) is 5.92 Å². The van der Waals surface area contributed by atoms with Gasteiger partial charge >= 0.3 is 0 Å². The number of nitrogens with zero attached hydrogens (tertiary/aromatic N) is 1. The van der Waals surface area contributed by atoms with Crippen molar-refractivity contribution in [1.82, 2.24) is 5.32 Å². The molecule has 0 rings (SSSR count). The van der Waals surface area contributed by atoms with Crippen LogP contribution < -0.4 is 5.32 Å². The van der Waals surface area contributed by atoms with Crippen LogP contribution in [0.25, 0.3) is 0 Å². The fourth-order valence-electron chi connectivity index (χ4n) is 1.20. The van der Waals surface area contributed by atoms with E-state index < -0.39 is 19.1 Å². The molecule has 0 unspecified atom stereocenters. The molecule has 0 saturated carbocycles. The second kappa shape index (κ2) is 6.77. The third-order valence-corrected chi connectivity index (χ3v) is 2.32. The zero-order chi connectivity index (χ0) is 12.7. The monoisotopic (exact) mass is 234 g/mol. The number of nitrogens with one attached hydrogen (secondary N) is 1. The highest BCUT2D eigenvalue weighted by Crippen LogP contribution is 2.21. The summed E-state index contributed by atoms with van der Waals surface area (Å²) in [5.41, 5.74) is -0.338. The van der Waals surface area contributed by atoms with Crippen LogP contribution in [0.2, 0.25) is 0 Å². The van der Waals surface area contributed by atoms with Gasteiger partial charge in [0.1, 0.15) is 6.61 Å². The van der Waals surface area contributed by atoms with Crippen LogP contribution in [0.5, 0.6) is 0 Å². The van der Waals surface area contributed by atoms with E-state index in [9.17, 15) is 8.78 Å². The highest BCUT2D eigenvalue weighted by Gasteiger charge is 2.26. The van der Waals surface area contributed by atoms with E-state index in [1.54, 1.807) is 0 Å². The minimum Gasteiger partial charge on any atom is -0.390 e. The van der Waals surface area contributed by atoms with E-state index >= 15 is 0 Å². The summed E-state index contributed by atoms with van der Waals surface area (Å²) in [6.45, 7) is 2.59. The molecule has 0 aromatic heterocycles. The Morgan fingerprint density at radius 3 is 2.44 bits per heavy atom. The summed E-state index contributed by atoms with van der Waals surface area (Å²) in [6.07, 6.45) is 2.35. The fraction of sp³-hybridized carbons (Fsp3) is 0.909. The Hall–Kier alpha value is -0.730. The number of alkyl halides is 2. The molecule has 0 aliphatic carbocycles. The molecular formula is C11H20F2N2O. The second-order valence-electron chi connectivity index (χ2n) is 4.64. The van der Waals surface area contributed by atoms with E-state index in [1.165, 1.54) is 0 Å². The van der Waals surface area contributed by atoms with Crippen molar-refractivity contribution >= 4 is 0 Å². The van der Waals surface area contributed by atoms with Crippen molar-refractivity contribution in [1.29, 1.82) is 5.26 Å². The number of nitriles is 1. The maximum Gasteiger partial charge on any atom is 0.282 e. The van der Waals surface area contributed by atoms with Gasteiger partial charge in [-0.3, -0.25) is 0 Å². The minimum atomic E-state index is -3.04. The summed E-state index contributed by atoms with van der Waals surface area (Å²) in [5, 5.41) is 19.6. The molecule has 0 heterocycles. The van der Waals surface area contributed by atoms with Gasteiger partial charge in [-0.05, 0) is 33.2 Å². The first-order valence-electron chi connectivity index (χ1n) is 5.44. The molecule has 0 aromatic carbocycles. The van der Waals surface area contributed by atoms with Gasteiger partial charge in [0.2, 0.25) is 0 Å². The Kier molecular flexibility index (Phi) is 6.46. The Labute approximate surface area is 95.5 Å². The molecule has 2 N–H and O–H groups in total. The molecular weight excluding hydrogens is 214 g/mol. The molecule has 0 aliphatic rings. The average Bonchev–Trinajstić information content (AvgIpc) is 2.23. The summed E-state index contributed by atoms with van der Waals surface area (Å²) in [4.78, 5) is 0. The highest BCUT2D eigenvalue weighted by molar-refractivity contribution is 4.91. The number of aliphatic hydroxyl groups excluding tert-OH is 1. The molecule has 0 fully saturated rings. The highest BCUT2D eigenvalue weighted by atomic mass is 19.3. The number of hydrogen-bond donors (Lipinski definition) is 2. The van der Waals surface area contributed by atoms with Crippen molar-refractivity contribution in [2.24, 2.45) is 5.41 Å². The van der Waals surface area contributed by atoms with E-state index in [4.69, 9.17) is 10.4 Å². The van der Waals surface area contributed by atoms with Crippen LogP contribution in [-0.4, -0.2) is 30.7 Å². The smallest absolute Gasteiger partial charge is 0.282 e. The molecule has 0 aliphatic heterocycles. The number of aliphatic hydroxyl groups is 1. The maximum absolute atomic E-state index is 12.6. The predicted molar refractivity (Wildman–Crippen MR) is 58.1 cm³/mol. The molecule has 5 heteroatoms. The Balaban J connectivity index is 3.46. The molecule has 0 radical (unpaired) electrons. The summed E-state index contributed by atoms with van der Waals surface area (Å²) in [7, 11) is 0. The first kappa shape index (κ1) is 15.3. The number of unbranched alkanes of at least 4 members (excludes halogenated alkanes) is 1. The van der Waals surface area contributed by atoms with Gasteiger partial charge in [0.15, 0.2) is 0 Å². The van der Waals surface area contributed by atoms with Crippen molar-refractivity contribution in [2.45, 2.75) is 39.0 Å². The molecule has 0 saturated heterocycles. The van der Waals surface area contributed by atoms with Gasteiger partial charge < -0.3 is 10.4 Å². The predicted octanol–water partition coefficient (Wildman–Crippen LogP) is 1.92. The third-order valence-electron chi connectivity index (χ3n) is 2.32. The summed E-state index contributed by atoms with van der Waals surface area (Å²) < 4.78 is 25.1. The van der Waals surface area contributed by atoms with Crippen molar-refractivity contribution in [2.75, 3.05) is 19.7 Å². The topological polar surface area (TPSA) is 56.0 Å². The van der Waals surface area contributed by atoms with Gasteiger partial charge in [-0.2, -0.15) is 5.26 Å². The van der Waals surface area contributed by atoms with Crippen LogP contribution in [0.15, 0.2) is 0 Å². The molecule has 0 bridgehead atoms.